The number of rotatable bonds is 3. The smallest absolute Gasteiger partial charge is 0.242 e. The summed E-state index contributed by atoms with van der Waals surface area (Å²) in [6.45, 7) is 0. The number of hydrazone groups is 1. The highest BCUT2D eigenvalue weighted by molar-refractivity contribution is 7.15. The predicted octanol–water partition coefficient (Wildman–Crippen LogP) is 2.56. The van der Waals surface area contributed by atoms with Crippen molar-refractivity contribution in [2.75, 3.05) is 7.05 Å². The minimum atomic E-state index is 0.0701. The monoisotopic (exact) mass is 286 g/mol. The molecule has 1 amide bonds. The lowest BCUT2D eigenvalue weighted by atomic mass is 10.1. The van der Waals surface area contributed by atoms with Crippen molar-refractivity contribution >= 4 is 29.0 Å². The molecule has 5 nitrogen and oxygen atoms in total. The molecule has 0 unspecified atom stereocenters. The van der Waals surface area contributed by atoms with E-state index in [1.54, 1.807) is 30.9 Å². The van der Waals surface area contributed by atoms with Crippen LogP contribution in [-0.2, 0) is 4.79 Å². The summed E-state index contributed by atoms with van der Waals surface area (Å²) in [5.74, 6) is 0.0701. The lowest BCUT2D eigenvalue weighted by molar-refractivity contribution is -0.130. The fourth-order valence-corrected chi connectivity index (χ4v) is 2.81. The van der Waals surface area contributed by atoms with E-state index >= 15 is 0 Å². The Morgan fingerprint density at radius 1 is 1.30 bits per heavy atom. The molecule has 2 aromatic heterocycles. The summed E-state index contributed by atoms with van der Waals surface area (Å²) in [6, 6.07) is 4.12. The number of hydrogen-bond donors (Lipinski definition) is 0. The molecule has 0 aliphatic carbocycles. The molecule has 2 aromatic rings. The molecular formula is C14H14N4OS. The summed E-state index contributed by atoms with van der Waals surface area (Å²) in [5, 5.41) is 6.77. The van der Waals surface area contributed by atoms with Gasteiger partial charge in [0.2, 0.25) is 5.91 Å². The summed E-state index contributed by atoms with van der Waals surface area (Å²) >= 11 is 1.68. The van der Waals surface area contributed by atoms with Gasteiger partial charge in [-0.3, -0.25) is 9.36 Å². The van der Waals surface area contributed by atoms with Crippen molar-refractivity contribution in [2.45, 2.75) is 12.8 Å². The molecule has 1 aliphatic rings. The van der Waals surface area contributed by atoms with Crippen LogP contribution in [-0.4, -0.2) is 33.2 Å². The average Bonchev–Trinajstić information content (AvgIpc) is 3.09. The molecule has 6 heteroatoms. The third kappa shape index (κ3) is 2.70. The molecule has 0 N–H and O–H groups in total. The van der Waals surface area contributed by atoms with E-state index < -0.39 is 0 Å². The fraction of sp³-hybridized carbons (Fsp3) is 0.214. The molecule has 102 valence electrons. The van der Waals surface area contributed by atoms with Crippen molar-refractivity contribution < 1.29 is 4.79 Å². The lowest BCUT2D eigenvalue weighted by Crippen LogP contribution is -2.27. The second-order valence-corrected chi connectivity index (χ2v) is 5.58. The van der Waals surface area contributed by atoms with E-state index in [-0.39, 0.29) is 5.91 Å². The maximum Gasteiger partial charge on any atom is 0.242 e. The number of imidazole rings is 1. The minimum absolute atomic E-state index is 0.0701. The number of hydrogen-bond acceptors (Lipinski definition) is 4. The van der Waals surface area contributed by atoms with Gasteiger partial charge in [0, 0.05) is 37.2 Å². The van der Waals surface area contributed by atoms with Gasteiger partial charge in [-0.2, -0.15) is 5.10 Å². The second-order valence-electron chi connectivity index (χ2n) is 4.49. The van der Waals surface area contributed by atoms with Crippen molar-refractivity contribution in [3.05, 3.63) is 41.8 Å². The first kappa shape index (κ1) is 12.8. The number of allylic oxidation sites excluding steroid dienone is 1. The standard InChI is InChI=1S/C14H14N4OS/c1-17-13(19)6-3-11(16-17)2-4-12-5-7-14(20-12)18-9-8-15-10-18/h2,4-5,7-10H,3,6H2,1H3. The second kappa shape index (κ2) is 5.42. The molecule has 1 aliphatic heterocycles. The van der Waals surface area contributed by atoms with Crippen LogP contribution in [0.3, 0.4) is 0 Å². The molecule has 0 atom stereocenters. The molecule has 3 rings (SSSR count). The number of carbonyl (C=O) groups excluding carboxylic acids is 1. The van der Waals surface area contributed by atoms with E-state index in [1.165, 1.54) is 5.01 Å². The maximum atomic E-state index is 11.3. The summed E-state index contributed by atoms with van der Waals surface area (Å²) in [5.41, 5.74) is 0.935. The zero-order chi connectivity index (χ0) is 13.9. The molecule has 0 fully saturated rings. The van der Waals surface area contributed by atoms with Gasteiger partial charge in [0.15, 0.2) is 0 Å². The van der Waals surface area contributed by atoms with Crippen LogP contribution in [0.1, 0.15) is 17.7 Å². The SMILES string of the molecule is CN1N=C(C=Cc2ccc(-n3ccnc3)s2)CCC1=O. The first-order valence-corrected chi connectivity index (χ1v) is 7.14. The minimum Gasteiger partial charge on any atom is -0.298 e. The quantitative estimate of drug-likeness (QED) is 0.870. The average molecular weight is 286 g/mol. The van der Waals surface area contributed by atoms with Crippen LogP contribution in [0.2, 0.25) is 0 Å². The Hall–Kier alpha value is -2.21. The van der Waals surface area contributed by atoms with Gasteiger partial charge in [0.1, 0.15) is 5.00 Å². The van der Waals surface area contributed by atoms with E-state index in [1.807, 2.05) is 22.9 Å². The number of aromatic nitrogens is 2. The normalized spacial score (nSPS) is 15.9. The highest BCUT2D eigenvalue weighted by Gasteiger charge is 2.14. The zero-order valence-corrected chi connectivity index (χ0v) is 11.9. The van der Waals surface area contributed by atoms with Crippen molar-refractivity contribution in [1.29, 1.82) is 0 Å². The van der Waals surface area contributed by atoms with Crippen molar-refractivity contribution in [3.8, 4) is 5.00 Å². The fourth-order valence-electron chi connectivity index (χ4n) is 1.95. The van der Waals surface area contributed by atoms with Gasteiger partial charge in [0.05, 0.1) is 12.0 Å². The van der Waals surface area contributed by atoms with E-state index in [0.29, 0.717) is 12.8 Å². The van der Waals surface area contributed by atoms with Gasteiger partial charge in [-0.15, -0.1) is 11.3 Å². The highest BCUT2D eigenvalue weighted by Crippen LogP contribution is 2.22. The summed E-state index contributed by atoms with van der Waals surface area (Å²) in [7, 11) is 1.69. The Balaban J connectivity index is 1.74. The molecule has 0 bridgehead atoms. The molecule has 0 saturated heterocycles. The van der Waals surface area contributed by atoms with Gasteiger partial charge in [-0.25, -0.2) is 9.99 Å². The maximum absolute atomic E-state index is 11.3. The molecular weight excluding hydrogens is 272 g/mol. The number of thiophene rings is 1. The first-order valence-electron chi connectivity index (χ1n) is 6.33. The summed E-state index contributed by atoms with van der Waals surface area (Å²) < 4.78 is 1.98. The third-order valence-corrected chi connectivity index (χ3v) is 4.11. The molecule has 0 aromatic carbocycles. The molecule has 0 spiro atoms. The van der Waals surface area contributed by atoms with E-state index in [2.05, 4.69) is 22.2 Å². The highest BCUT2D eigenvalue weighted by atomic mass is 32.1. The zero-order valence-electron chi connectivity index (χ0n) is 11.1. The molecule has 3 heterocycles. The van der Waals surface area contributed by atoms with Crippen LogP contribution in [0.25, 0.3) is 11.1 Å². The van der Waals surface area contributed by atoms with Crippen molar-refractivity contribution in [3.63, 3.8) is 0 Å². The topological polar surface area (TPSA) is 50.5 Å². The van der Waals surface area contributed by atoms with Gasteiger partial charge in [0.25, 0.3) is 0 Å². The number of amides is 1. The molecule has 0 saturated carbocycles. The molecule has 20 heavy (non-hydrogen) atoms. The van der Waals surface area contributed by atoms with Gasteiger partial charge >= 0.3 is 0 Å². The van der Waals surface area contributed by atoms with Crippen LogP contribution in [0, 0.1) is 0 Å². The van der Waals surface area contributed by atoms with Crippen LogP contribution < -0.4 is 0 Å². The Bertz CT molecular complexity index is 669. The Kier molecular flexibility index (Phi) is 3.47. The largest absolute Gasteiger partial charge is 0.298 e. The summed E-state index contributed by atoms with van der Waals surface area (Å²) in [6.07, 6.45) is 10.7. The predicted molar refractivity (Wildman–Crippen MR) is 79.9 cm³/mol. The van der Waals surface area contributed by atoms with Gasteiger partial charge < -0.3 is 0 Å². The first-order chi connectivity index (χ1) is 9.72. The number of nitrogens with zero attached hydrogens (tertiary/aromatic N) is 4. The number of carbonyl (C=O) groups is 1. The van der Waals surface area contributed by atoms with Crippen LogP contribution in [0.15, 0.2) is 42.0 Å². The lowest BCUT2D eigenvalue weighted by Gasteiger charge is -2.17. The molecule has 0 radical (unpaired) electrons. The summed E-state index contributed by atoms with van der Waals surface area (Å²) in [4.78, 5) is 16.5. The van der Waals surface area contributed by atoms with Gasteiger partial charge in [-0.05, 0) is 24.3 Å². The third-order valence-electron chi connectivity index (χ3n) is 3.05. The van der Waals surface area contributed by atoms with E-state index in [4.69, 9.17) is 0 Å². The van der Waals surface area contributed by atoms with Gasteiger partial charge in [-0.1, -0.05) is 0 Å². The Morgan fingerprint density at radius 3 is 2.95 bits per heavy atom. The Labute approximate surface area is 120 Å². The van der Waals surface area contributed by atoms with Crippen LogP contribution in [0.4, 0.5) is 0 Å². The van der Waals surface area contributed by atoms with Crippen LogP contribution >= 0.6 is 11.3 Å². The Morgan fingerprint density at radius 2 is 2.20 bits per heavy atom. The van der Waals surface area contributed by atoms with Crippen molar-refractivity contribution in [2.24, 2.45) is 5.10 Å². The van der Waals surface area contributed by atoms with E-state index in [9.17, 15) is 4.79 Å². The van der Waals surface area contributed by atoms with Crippen LogP contribution in [0.5, 0.6) is 0 Å². The van der Waals surface area contributed by atoms with Crippen molar-refractivity contribution in [1.82, 2.24) is 14.6 Å². The van der Waals surface area contributed by atoms with E-state index in [0.717, 1.165) is 15.6 Å².